The first-order chi connectivity index (χ1) is 10.8. The van der Waals surface area contributed by atoms with Gasteiger partial charge in [-0.15, -0.1) is 12.6 Å². The molecule has 0 aliphatic rings. The summed E-state index contributed by atoms with van der Waals surface area (Å²) >= 11 is 4.75. The minimum Gasteiger partial charge on any atom is -0.143 e. The van der Waals surface area contributed by atoms with Crippen LogP contribution in [0.15, 0.2) is 89.8 Å². The van der Waals surface area contributed by atoms with Gasteiger partial charge < -0.3 is 0 Å². The first-order valence-electron chi connectivity index (χ1n) is 7.68. The summed E-state index contributed by atoms with van der Waals surface area (Å²) in [6.45, 7) is 2.25. The van der Waals surface area contributed by atoms with Gasteiger partial charge in [-0.25, -0.2) is 0 Å². The topological polar surface area (TPSA) is 0 Å². The van der Waals surface area contributed by atoms with Gasteiger partial charge in [-0.1, -0.05) is 85.8 Å². The van der Waals surface area contributed by atoms with Crippen molar-refractivity contribution in [1.29, 1.82) is 0 Å². The van der Waals surface area contributed by atoms with Crippen molar-refractivity contribution in [2.45, 2.75) is 23.7 Å². The van der Waals surface area contributed by atoms with Gasteiger partial charge in [0, 0.05) is 10.3 Å². The minimum absolute atomic E-state index is 0.166. The standard InChI is InChI=1S/C21H20S/c1-2-21(17-11-5-3-6-12-17,18-13-7-4-8-14-18)19-15-9-10-16-20(19)22/h3-16,22H,2H2,1H3. The van der Waals surface area contributed by atoms with E-state index in [0.29, 0.717) is 0 Å². The summed E-state index contributed by atoms with van der Waals surface area (Å²) in [5.74, 6) is 0. The summed E-state index contributed by atoms with van der Waals surface area (Å²) < 4.78 is 0. The van der Waals surface area contributed by atoms with E-state index in [-0.39, 0.29) is 5.41 Å². The average Bonchev–Trinajstić information content (AvgIpc) is 2.59. The van der Waals surface area contributed by atoms with Gasteiger partial charge in [0.05, 0.1) is 0 Å². The van der Waals surface area contributed by atoms with E-state index >= 15 is 0 Å². The summed E-state index contributed by atoms with van der Waals surface area (Å²) in [6.07, 6.45) is 0.985. The highest BCUT2D eigenvalue weighted by Gasteiger charge is 2.35. The van der Waals surface area contributed by atoms with Crippen molar-refractivity contribution >= 4 is 12.6 Å². The molecule has 0 saturated heterocycles. The van der Waals surface area contributed by atoms with Gasteiger partial charge in [0.25, 0.3) is 0 Å². The SMILES string of the molecule is CCC(c1ccccc1)(c1ccccc1)c1ccccc1S. The smallest absolute Gasteiger partial charge is 0.0459 e. The lowest BCUT2D eigenvalue weighted by Gasteiger charge is -2.36. The lowest BCUT2D eigenvalue weighted by atomic mass is 9.68. The average molecular weight is 304 g/mol. The third kappa shape index (κ3) is 2.46. The summed E-state index contributed by atoms with van der Waals surface area (Å²) in [6, 6.07) is 29.9. The Morgan fingerprint density at radius 1 is 0.682 bits per heavy atom. The molecule has 0 bridgehead atoms. The molecule has 0 N–H and O–H groups in total. The van der Waals surface area contributed by atoms with Crippen molar-refractivity contribution in [2.75, 3.05) is 0 Å². The van der Waals surface area contributed by atoms with Gasteiger partial charge in [-0.05, 0) is 29.2 Å². The maximum Gasteiger partial charge on any atom is 0.0459 e. The molecule has 0 unspecified atom stereocenters. The van der Waals surface area contributed by atoms with E-state index in [1.165, 1.54) is 16.7 Å². The van der Waals surface area contributed by atoms with E-state index < -0.39 is 0 Å². The van der Waals surface area contributed by atoms with E-state index in [0.717, 1.165) is 11.3 Å². The molecule has 0 fully saturated rings. The molecule has 3 aromatic carbocycles. The predicted molar refractivity (Wildman–Crippen MR) is 96.8 cm³/mol. The molecular weight excluding hydrogens is 284 g/mol. The van der Waals surface area contributed by atoms with Crippen LogP contribution in [-0.2, 0) is 5.41 Å². The zero-order valence-electron chi connectivity index (χ0n) is 12.7. The summed E-state index contributed by atoms with van der Waals surface area (Å²) in [5, 5.41) is 0. The fourth-order valence-electron chi connectivity index (χ4n) is 3.36. The number of hydrogen-bond donors (Lipinski definition) is 1. The van der Waals surface area contributed by atoms with Crippen LogP contribution in [0.1, 0.15) is 30.0 Å². The first-order valence-corrected chi connectivity index (χ1v) is 8.13. The van der Waals surface area contributed by atoms with E-state index in [4.69, 9.17) is 12.6 Å². The lowest BCUT2D eigenvalue weighted by molar-refractivity contribution is 0.583. The lowest BCUT2D eigenvalue weighted by Crippen LogP contribution is -2.29. The van der Waals surface area contributed by atoms with Crippen molar-refractivity contribution in [2.24, 2.45) is 0 Å². The van der Waals surface area contributed by atoms with Gasteiger partial charge in [-0.3, -0.25) is 0 Å². The van der Waals surface area contributed by atoms with Gasteiger partial charge in [0.2, 0.25) is 0 Å². The molecule has 0 aliphatic carbocycles. The van der Waals surface area contributed by atoms with Crippen molar-refractivity contribution in [1.82, 2.24) is 0 Å². The molecule has 1 heteroatoms. The Hall–Kier alpha value is -1.99. The second-order valence-electron chi connectivity index (χ2n) is 5.51. The second-order valence-corrected chi connectivity index (χ2v) is 5.99. The molecule has 0 atom stereocenters. The molecule has 0 radical (unpaired) electrons. The number of thiol groups is 1. The van der Waals surface area contributed by atoms with E-state index in [1.54, 1.807) is 0 Å². The molecule has 0 heterocycles. The monoisotopic (exact) mass is 304 g/mol. The molecule has 110 valence electrons. The van der Waals surface area contributed by atoms with Crippen LogP contribution in [-0.4, -0.2) is 0 Å². The predicted octanol–water partition coefficient (Wildman–Crippen LogP) is 5.72. The van der Waals surface area contributed by atoms with Crippen LogP contribution in [0.5, 0.6) is 0 Å². The Labute approximate surface area is 138 Å². The molecule has 22 heavy (non-hydrogen) atoms. The zero-order valence-corrected chi connectivity index (χ0v) is 13.6. The van der Waals surface area contributed by atoms with Gasteiger partial charge in [0.15, 0.2) is 0 Å². The molecule has 0 amide bonds. The third-order valence-corrected chi connectivity index (χ3v) is 4.82. The van der Waals surface area contributed by atoms with Crippen LogP contribution in [0, 0.1) is 0 Å². The normalized spacial score (nSPS) is 11.4. The van der Waals surface area contributed by atoms with Crippen LogP contribution in [0.25, 0.3) is 0 Å². The van der Waals surface area contributed by atoms with Crippen molar-refractivity contribution in [3.8, 4) is 0 Å². The van der Waals surface area contributed by atoms with Gasteiger partial charge in [-0.2, -0.15) is 0 Å². The minimum atomic E-state index is -0.166. The molecule has 0 spiro atoms. The maximum atomic E-state index is 4.75. The van der Waals surface area contributed by atoms with Gasteiger partial charge >= 0.3 is 0 Å². The maximum absolute atomic E-state index is 4.75. The fourth-order valence-corrected chi connectivity index (χ4v) is 3.71. The Morgan fingerprint density at radius 2 is 1.14 bits per heavy atom. The Kier molecular flexibility index (Phi) is 4.35. The van der Waals surface area contributed by atoms with Crippen molar-refractivity contribution in [3.05, 3.63) is 102 Å². The summed E-state index contributed by atoms with van der Waals surface area (Å²) in [5.41, 5.74) is 3.72. The molecule has 0 saturated carbocycles. The van der Waals surface area contributed by atoms with Crippen molar-refractivity contribution in [3.63, 3.8) is 0 Å². The van der Waals surface area contributed by atoms with Crippen molar-refractivity contribution < 1.29 is 0 Å². The molecule has 3 rings (SSSR count). The highest BCUT2D eigenvalue weighted by molar-refractivity contribution is 7.80. The van der Waals surface area contributed by atoms with E-state index in [9.17, 15) is 0 Å². The molecule has 0 nitrogen and oxygen atoms in total. The van der Waals surface area contributed by atoms with E-state index in [1.807, 2.05) is 6.07 Å². The van der Waals surface area contributed by atoms with Crippen LogP contribution >= 0.6 is 12.6 Å². The van der Waals surface area contributed by atoms with Crippen LogP contribution in [0.2, 0.25) is 0 Å². The van der Waals surface area contributed by atoms with Crippen LogP contribution < -0.4 is 0 Å². The Bertz CT molecular complexity index is 693. The highest BCUT2D eigenvalue weighted by atomic mass is 32.1. The Morgan fingerprint density at radius 3 is 1.59 bits per heavy atom. The molecular formula is C21H20S. The summed E-state index contributed by atoms with van der Waals surface area (Å²) in [7, 11) is 0. The van der Waals surface area contributed by atoms with E-state index in [2.05, 4.69) is 85.8 Å². The van der Waals surface area contributed by atoms with Crippen LogP contribution in [0.4, 0.5) is 0 Å². The fraction of sp³-hybridized carbons (Fsp3) is 0.143. The number of rotatable bonds is 4. The highest BCUT2D eigenvalue weighted by Crippen LogP contribution is 2.44. The molecule has 0 aliphatic heterocycles. The van der Waals surface area contributed by atoms with Crippen LogP contribution in [0.3, 0.4) is 0 Å². The molecule has 0 aromatic heterocycles. The Balaban J connectivity index is 2.34. The van der Waals surface area contributed by atoms with Gasteiger partial charge in [0.1, 0.15) is 0 Å². The number of benzene rings is 3. The second kappa shape index (κ2) is 6.41. The third-order valence-electron chi connectivity index (χ3n) is 4.43. The zero-order chi connectivity index (χ0) is 15.4. The first kappa shape index (κ1) is 14.9. The summed E-state index contributed by atoms with van der Waals surface area (Å²) in [4.78, 5) is 1.04. The quantitative estimate of drug-likeness (QED) is 0.462. The largest absolute Gasteiger partial charge is 0.143 e. The molecule has 3 aromatic rings. The number of hydrogen-bond acceptors (Lipinski definition) is 1.